The number of nitrogens with zero attached hydrogens (tertiary/aromatic N) is 1. The molecule has 3 heteroatoms. The van der Waals surface area contributed by atoms with Crippen molar-refractivity contribution in [2.45, 2.75) is 50.6 Å². The summed E-state index contributed by atoms with van der Waals surface area (Å²) >= 11 is 0. The quantitative estimate of drug-likeness (QED) is 0.701. The van der Waals surface area contributed by atoms with Gasteiger partial charge in [-0.1, -0.05) is 12.8 Å². The molecule has 0 aromatic heterocycles. The van der Waals surface area contributed by atoms with Crippen LogP contribution >= 0.6 is 0 Å². The SMILES string of the molecule is COCC(CNC1CC1)N(C)CC1CCCC1. The molecule has 0 aliphatic heterocycles. The van der Waals surface area contributed by atoms with Gasteiger partial charge in [-0.2, -0.15) is 0 Å². The fraction of sp³-hybridized carbons (Fsp3) is 1.00. The first-order valence-electron chi connectivity index (χ1n) is 7.22. The Morgan fingerprint density at radius 2 is 1.94 bits per heavy atom. The number of likely N-dealkylation sites (N-methyl/N-ethyl adjacent to an activating group) is 1. The van der Waals surface area contributed by atoms with E-state index in [9.17, 15) is 0 Å². The number of hydrogen-bond acceptors (Lipinski definition) is 3. The van der Waals surface area contributed by atoms with E-state index >= 15 is 0 Å². The smallest absolute Gasteiger partial charge is 0.0630 e. The van der Waals surface area contributed by atoms with Gasteiger partial charge < -0.3 is 10.1 Å². The predicted octanol–water partition coefficient (Wildman–Crippen LogP) is 1.88. The Kier molecular flexibility index (Phi) is 5.26. The van der Waals surface area contributed by atoms with Crippen LogP contribution in [0.5, 0.6) is 0 Å². The minimum Gasteiger partial charge on any atom is -0.383 e. The zero-order chi connectivity index (χ0) is 12.1. The molecule has 3 nitrogen and oxygen atoms in total. The maximum atomic E-state index is 5.36. The first kappa shape index (κ1) is 13.3. The van der Waals surface area contributed by atoms with Crippen molar-refractivity contribution in [3.8, 4) is 0 Å². The molecule has 1 N–H and O–H groups in total. The van der Waals surface area contributed by atoms with Crippen LogP contribution in [-0.4, -0.2) is 50.8 Å². The second-order valence-electron chi connectivity index (χ2n) is 5.88. The molecular formula is C14H28N2O. The van der Waals surface area contributed by atoms with Crippen LogP contribution in [0.15, 0.2) is 0 Å². The highest BCUT2D eigenvalue weighted by atomic mass is 16.5. The second kappa shape index (κ2) is 6.72. The van der Waals surface area contributed by atoms with Crippen LogP contribution in [0, 0.1) is 5.92 Å². The molecule has 1 atom stereocenters. The van der Waals surface area contributed by atoms with E-state index < -0.39 is 0 Å². The maximum absolute atomic E-state index is 5.36. The van der Waals surface area contributed by atoms with Gasteiger partial charge in [-0.15, -0.1) is 0 Å². The van der Waals surface area contributed by atoms with E-state index in [1.54, 1.807) is 0 Å². The average molecular weight is 240 g/mol. The summed E-state index contributed by atoms with van der Waals surface area (Å²) < 4.78 is 5.36. The Morgan fingerprint density at radius 1 is 1.24 bits per heavy atom. The summed E-state index contributed by atoms with van der Waals surface area (Å²) in [6.07, 6.45) is 8.47. The first-order valence-corrected chi connectivity index (χ1v) is 7.22. The molecular weight excluding hydrogens is 212 g/mol. The average Bonchev–Trinajstić information content (AvgIpc) is 3.01. The van der Waals surface area contributed by atoms with Crippen LogP contribution in [0.2, 0.25) is 0 Å². The fourth-order valence-electron chi connectivity index (χ4n) is 2.87. The number of rotatable bonds is 8. The Balaban J connectivity index is 1.71. The third-order valence-corrected chi connectivity index (χ3v) is 4.22. The van der Waals surface area contributed by atoms with Gasteiger partial charge in [0.1, 0.15) is 0 Å². The predicted molar refractivity (Wildman–Crippen MR) is 71.3 cm³/mol. The molecule has 2 saturated carbocycles. The van der Waals surface area contributed by atoms with Crippen LogP contribution in [0.3, 0.4) is 0 Å². The zero-order valence-corrected chi connectivity index (χ0v) is 11.5. The topological polar surface area (TPSA) is 24.5 Å². The molecule has 0 radical (unpaired) electrons. The van der Waals surface area contributed by atoms with E-state index in [1.165, 1.54) is 45.1 Å². The normalized spacial score (nSPS) is 23.5. The van der Waals surface area contributed by atoms with Crippen LogP contribution in [0.1, 0.15) is 38.5 Å². The molecule has 2 fully saturated rings. The highest BCUT2D eigenvalue weighted by Gasteiger charge is 2.25. The molecule has 0 amide bonds. The summed E-state index contributed by atoms with van der Waals surface area (Å²) in [4.78, 5) is 2.51. The van der Waals surface area contributed by atoms with Crippen molar-refractivity contribution < 1.29 is 4.74 Å². The van der Waals surface area contributed by atoms with Gasteiger partial charge in [0.2, 0.25) is 0 Å². The lowest BCUT2D eigenvalue weighted by molar-refractivity contribution is 0.0956. The van der Waals surface area contributed by atoms with Crippen molar-refractivity contribution in [2.75, 3.05) is 33.9 Å². The maximum Gasteiger partial charge on any atom is 0.0630 e. The highest BCUT2D eigenvalue weighted by molar-refractivity contribution is 4.84. The molecule has 2 aliphatic rings. The first-order chi connectivity index (χ1) is 8.29. The molecule has 0 saturated heterocycles. The van der Waals surface area contributed by atoms with Crippen LogP contribution in [0.25, 0.3) is 0 Å². The lowest BCUT2D eigenvalue weighted by Crippen LogP contribution is -2.45. The van der Waals surface area contributed by atoms with E-state index in [2.05, 4.69) is 17.3 Å². The third kappa shape index (κ3) is 4.57. The van der Waals surface area contributed by atoms with E-state index in [0.29, 0.717) is 6.04 Å². The molecule has 0 heterocycles. The van der Waals surface area contributed by atoms with Crippen molar-refractivity contribution >= 4 is 0 Å². The van der Waals surface area contributed by atoms with Crippen molar-refractivity contribution in [3.63, 3.8) is 0 Å². The van der Waals surface area contributed by atoms with Gasteiger partial charge in [0.25, 0.3) is 0 Å². The number of hydrogen-bond donors (Lipinski definition) is 1. The van der Waals surface area contributed by atoms with E-state index in [-0.39, 0.29) is 0 Å². The molecule has 0 bridgehead atoms. The zero-order valence-electron chi connectivity index (χ0n) is 11.5. The number of methoxy groups -OCH3 is 1. The summed E-state index contributed by atoms with van der Waals surface area (Å²) in [6, 6.07) is 1.34. The van der Waals surface area contributed by atoms with Crippen LogP contribution < -0.4 is 5.32 Å². The van der Waals surface area contributed by atoms with Gasteiger partial charge in [0, 0.05) is 32.3 Å². The number of ether oxygens (including phenoxy) is 1. The van der Waals surface area contributed by atoms with Gasteiger partial charge in [-0.05, 0) is 38.6 Å². The molecule has 1 unspecified atom stereocenters. The molecule has 0 aromatic rings. The minimum atomic E-state index is 0.543. The standard InChI is InChI=1S/C14H28N2O/c1-16(10-12-5-3-4-6-12)14(11-17-2)9-15-13-7-8-13/h12-15H,3-11H2,1-2H3. The van der Waals surface area contributed by atoms with Crippen molar-refractivity contribution in [3.05, 3.63) is 0 Å². The lowest BCUT2D eigenvalue weighted by atomic mass is 10.1. The Labute approximate surface area is 106 Å². The molecule has 0 aromatic carbocycles. The Bertz CT molecular complexity index is 212. The summed E-state index contributed by atoms with van der Waals surface area (Å²) in [5.74, 6) is 0.931. The van der Waals surface area contributed by atoms with Crippen molar-refractivity contribution in [1.82, 2.24) is 10.2 Å². The molecule has 0 spiro atoms. The van der Waals surface area contributed by atoms with Gasteiger partial charge >= 0.3 is 0 Å². The summed E-state index contributed by atoms with van der Waals surface area (Å²) in [7, 11) is 4.07. The summed E-state index contributed by atoms with van der Waals surface area (Å²) in [5, 5.41) is 3.63. The van der Waals surface area contributed by atoms with E-state index in [4.69, 9.17) is 4.74 Å². The van der Waals surface area contributed by atoms with Gasteiger partial charge in [0.15, 0.2) is 0 Å². The van der Waals surface area contributed by atoms with Crippen LogP contribution in [-0.2, 0) is 4.74 Å². The largest absolute Gasteiger partial charge is 0.383 e. The summed E-state index contributed by atoms with van der Waals surface area (Å²) in [6.45, 7) is 3.19. The van der Waals surface area contributed by atoms with Gasteiger partial charge in [0.05, 0.1) is 6.61 Å². The lowest BCUT2D eigenvalue weighted by Gasteiger charge is -2.30. The van der Waals surface area contributed by atoms with Crippen molar-refractivity contribution in [1.29, 1.82) is 0 Å². The highest BCUT2D eigenvalue weighted by Crippen LogP contribution is 2.25. The minimum absolute atomic E-state index is 0.543. The van der Waals surface area contributed by atoms with Gasteiger partial charge in [-0.3, -0.25) is 4.90 Å². The third-order valence-electron chi connectivity index (χ3n) is 4.22. The molecule has 2 aliphatic carbocycles. The molecule has 100 valence electrons. The fourth-order valence-corrected chi connectivity index (χ4v) is 2.87. The van der Waals surface area contributed by atoms with Crippen molar-refractivity contribution in [2.24, 2.45) is 5.92 Å². The Hall–Kier alpha value is -0.120. The Morgan fingerprint density at radius 3 is 2.53 bits per heavy atom. The molecule has 17 heavy (non-hydrogen) atoms. The summed E-state index contributed by atoms with van der Waals surface area (Å²) in [5.41, 5.74) is 0. The second-order valence-corrected chi connectivity index (χ2v) is 5.88. The molecule has 2 rings (SSSR count). The van der Waals surface area contributed by atoms with Gasteiger partial charge in [-0.25, -0.2) is 0 Å². The van der Waals surface area contributed by atoms with E-state index in [0.717, 1.165) is 25.1 Å². The monoisotopic (exact) mass is 240 g/mol. The number of nitrogens with one attached hydrogen (secondary N) is 1. The van der Waals surface area contributed by atoms with E-state index in [1.807, 2.05) is 7.11 Å². The van der Waals surface area contributed by atoms with Crippen LogP contribution in [0.4, 0.5) is 0 Å².